The Morgan fingerprint density at radius 3 is 2.78 bits per heavy atom. The van der Waals surface area contributed by atoms with E-state index in [9.17, 15) is 0 Å². The highest BCUT2D eigenvalue weighted by Gasteiger charge is 2.06. The lowest BCUT2D eigenvalue weighted by Gasteiger charge is -2.12. The summed E-state index contributed by atoms with van der Waals surface area (Å²) in [7, 11) is 1.62. The van der Waals surface area contributed by atoms with E-state index in [1.807, 2.05) is 36.5 Å². The Hall–Kier alpha value is -2.58. The molecule has 0 aliphatic heterocycles. The molecular formula is C18H21N3O2. The zero-order valence-corrected chi connectivity index (χ0v) is 13.3. The molecule has 0 spiro atoms. The van der Waals surface area contributed by atoms with Crippen molar-refractivity contribution in [1.82, 2.24) is 10.3 Å². The van der Waals surface area contributed by atoms with Gasteiger partial charge in [-0.15, -0.1) is 0 Å². The highest BCUT2D eigenvalue weighted by molar-refractivity contribution is 5.43. The molecule has 1 N–H and O–H groups in total. The van der Waals surface area contributed by atoms with Crippen molar-refractivity contribution in [1.29, 1.82) is 5.26 Å². The highest BCUT2D eigenvalue weighted by Crippen LogP contribution is 2.28. The van der Waals surface area contributed by atoms with Crippen LogP contribution >= 0.6 is 0 Å². The second-order valence-electron chi connectivity index (χ2n) is 5.06. The number of hydrogen-bond donors (Lipinski definition) is 1. The first-order chi connectivity index (χ1) is 11.3. The second-order valence-corrected chi connectivity index (χ2v) is 5.06. The molecule has 5 nitrogen and oxygen atoms in total. The minimum absolute atomic E-state index is 0.495. The molecular weight excluding hydrogens is 290 g/mol. The molecule has 0 bridgehead atoms. The monoisotopic (exact) mass is 311 g/mol. The van der Waals surface area contributed by atoms with Gasteiger partial charge in [0.25, 0.3) is 0 Å². The maximum absolute atomic E-state index is 8.56. The number of methoxy groups -OCH3 is 1. The predicted molar refractivity (Wildman–Crippen MR) is 88.1 cm³/mol. The van der Waals surface area contributed by atoms with Crippen molar-refractivity contribution < 1.29 is 9.47 Å². The Morgan fingerprint density at radius 1 is 1.17 bits per heavy atom. The van der Waals surface area contributed by atoms with Gasteiger partial charge in [-0.1, -0.05) is 12.1 Å². The number of nitriles is 1. The van der Waals surface area contributed by atoms with Gasteiger partial charge in [0.2, 0.25) is 0 Å². The number of unbranched alkanes of at least 4 members (excludes halogenated alkanes) is 1. The largest absolute Gasteiger partial charge is 0.493 e. The van der Waals surface area contributed by atoms with Crippen molar-refractivity contribution in [3.05, 3.63) is 53.9 Å². The van der Waals surface area contributed by atoms with E-state index in [4.69, 9.17) is 14.7 Å². The van der Waals surface area contributed by atoms with E-state index in [-0.39, 0.29) is 0 Å². The number of benzene rings is 1. The van der Waals surface area contributed by atoms with Crippen molar-refractivity contribution >= 4 is 0 Å². The summed E-state index contributed by atoms with van der Waals surface area (Å²) in [5.41, 5.74) is 2.26. The van der Waals surface area contributed by atoms with Crippen LogP contribution in [0.5, 0.6) is 11.5 Å². The molecule has 0 aliphatic carbocycles. The van der Waals surface area contributed by atoms with Crippen LogP contribution in [0, 0.1) is 11.3 Å². The third kappa shape index (κ3) is 5.61. The average molecular weight is 311 g/mol. The number of rotatable bonds is 9. The van der Waals surface area contributed by atoms with Crippen LogP contribution in [0.4, 0.5) is 0 Å². The zero-order valence-electron chi connectivity index (χ0n) is 13.3. The summed E-state index contributed by atoms with van der Waals surface area (Å²) in [6, 6.07) is 12.0. The minimum Gasteiger partial charge on any atom is -0.493 e. The Bertz CT molecular complexity index is 638. The summed E-state index contributed by atoms with van der Waals surface area (Å²) >= 11 is 0. The first-order valence-corrected chi connectivity index (χ1v) is 7.59. The smallest absolute Gasteiger partial charge is 0.161 e. The van der Waals surface area contributed by atoms with E-state index < -0.39 is 0 Å². The molecule has 5 heteroatoms. The highest BCUT2D eigenvalue weighted by atomic mass is 16.5. The first kappa shape index (κ1) is 16.8. The van der Waals surface area contributed by atoms with Gasteiger partial charge in [0.05, 0.1) is 19.8 Å². The molecule has 1 aromatic carbocycles. The van der Waals surface area contributed by atoms with Gasteiger partial charge in [-0.2, -0.15) is 5.26 Å². The molecule has 23 heavy (non-hydrogen) atoms. The predicted octanol–water partition coefficient (Wildman–Crippen LogP) is 3.06. The summed E-state index contributed by atoms with van der Waals surface area (Å²) in [6.07, 6.45) is 4.82. The fraction of sp³-hybridized carbons (Fsp3) is 0.333. The summed E-state index contributed by atoms with van der Waals surface area (Å²) in [4.78, 5) is 4.10. The molecule has 120 valence electrons. The molecule has 0 atom stereocenters. The molecule has 2 aromatic rings. The number of nitrogens with one attached hydrogen (secondary N) is 1. The third-order valence-electron chi connectivity index (χ3n) is 3.30. The summed E-state index contributed by atoms with van der Waals surface area (Å²) in [5.74, 6) is 1.42. The van der Waals surface area contributed by atoms with Crippen LogP contribution in [0.2, 0.25) is 0 Å². The molecule has 0 radical (unpaired) electrons. The van der Waals surface area contributed by atoms with Crippen LogP contribution in [0.1, 0.15) is 24.0 Å². The molecule has 0 aliphatic rings. The molecule has 0 amide bonds. The van der Waals surface area contributed by atoms with Crippen molar-refractivity contribution in [2.24, 2.45) is 0 Å². The summed E-state index contributed by atoms with van der Waals surface area (Å²) in [6.45, 7) is 2.00. The van der Waals surface area contributed by atoms with Gasteiger partial charge >= 0.3 is 0 Å². The van der Waals surface area contributed by atoms with Crippen molar-refractivity contribution in [3.63, 3.8) is 0 Å². The summed E-state index contributed by atoms with van der Waals surface area (Å²) in [5, 5.41) is 11.9. The van der Waals surface area contributed by atoms with E-state index >= 15 is 0 Å². The van der Waals surface area contributed by atoms with Crippen LogP contribution in [0.25, 0.3) is 0 Å². The molecule has 0 fully saturated rings. The Labute approximate surface area is 136 Å². The van der Waals surface area contributed by atoms with Gasteiger partial charge in [-0.05, 0) is 35.7 Å². The van der Waals surface area contributed by atoms with Crippen LogP contribution in [0.15, 0.2) is 42.7 Å². The topological polar surface area (TPSA) is 67.2 Å². The number of ether oxygens (including phenoxy) is 2. The third-order valence-corrected chi connectivity index (χ3v) is 3.30. The molecule has 1 aromatic heterocycles. The van der Waals surface area contributed by atoms with E-state index in [1.54, 1.807) is 13.3 Å². The van der Waals surface area contributed by atoms with E-state index in [2.05, 4.69) is 16.4 Å². The van der Waals surface area contributed by atoms with Gasteiger partial charge in [-0.25, -0.2) is 0 Å². The van der Waals surface area contributed by atoms with Crippen LogP contribution in [-0.4, -0.2) is 18.7 Å². The fourth-order valence-corrected chi connectivity index (χ4v) is 2.13. The maximum Gasteiger partial charge on any atom is 0.161 e. The number of pyridine rings is 1. The second kappa shape index (κ2) is 9.44. The van der Waals surface area contributed by atoms with Crippen LogP contribution in [0.3, 0.4) is 0 Å². The van der Waals surface area contributed by atoms with Crippen LogP contribution < -0.4 is 14.8 Å². The Kier molecular flexibility index (Phi) is 6.89. The SMILES string of the molecule is COc1ccc(CNCc2cccnc2)cc1OCCCC#N. The van der Waals surface area contributed by atoms with Gasteiger partial charge in [0.1, 0.15) is 0 Å². The first-order valence-electron chi connectivity index (χ1n) is 7.59. The number of aromatic nitrogens is 1. The average Bonchev–Trinajstić information content (AvgIpc) is 2.60. The quantitative estimate of drug-likeness (QED) is 0.721. The van der Waals surface area contributed by atoms with Gasteiger partial charge < -0.3 is 14.8 Å². The van der Waals surface area contributed by atoms with Crippen molar-refractivity contribution in [2.75, 3.05) is 13.7 Å². The van der Waals surface area contributed by atoms with Gasteiger partial charge in [0.15, 0.2) is 11.5 Å². The molecule has 1 heterocycles. The van der Waals surface area contributed by atoms with Crippen molar-refractivity contribution in [2.45, 2.75) is 25.9 Å². The lowest BCUT2D eigenvalue weighted by Crippen LogP contribution is -2.13. The fourth-order valence-electron chi connectivity index (χ4n) is 2.13. The standard InChI is InChI=1S/C18H21N3O2/c1-22-17-7-6-15(11-18(17)23-10-3-2-8-19)12-21-14-16-5-4-9-20-13-16/h4-7,9,11,13,21H,2-3,10,12,14H2,1H3. The molecule has 0 saturated heterocycles. The Morgan fingerprint density at radius 2 is 2.04 bits per heavy atom. The number of hydrogen-bond acceptors (Lipinski definition) is 5. The van der Waals surface area contributed by atoms with E-state index in [0.717, 1.165) is 24.2 Å². The zero-order chi connectivity index (χ0) is 16.3. The normalized spacial score (nSPS) is 10.1. The van der Waals surface area contributed by atoms with Gasteiger partial charge in [0, 0.05) is 31.9 Å². The van der Waals surface area contributed by atoms with E-state index in [1.165, 1.54) is 0 Å². The van der Waals surface area contributed by atoms with Crippen LogP contribution in [-0.2, 0) is 13.1 Å². The molecule has 2 rings (SSSR count). The summed E-state index contributed by atoms with van der Waals surface area (Å²) < 4.78 is 11.0. The lowest BCUT2D eigenvalue weighted by atomic mass is 10.2. The molecule has 0 unspecified atom stereocenters. The number of nitrogens with zero attached hydrogens (tertiary/aromatic N) is 2. The maximum atomic E-state index is 8.56. The lowest BCUT2D eigenvalue weighted by molar-refractivity contribution is 0.290. The van der Waals surface area contributed by atoms with E-state index in [0.29, 0.717) is 30.9 Å². The molecule has 0 saturated carbocycles. The minimum atomic E-state index is 0.495. The van der Waals surface area contributed by atoms with Gasteiger partial charge in [-0.3, -0.25) is 4.98 Å². The Balaban J connectivity index is 1.90. The van der Waals surface area contributed by atoms with Crippen molar-refractivity contribution in [3.8, 4) is 17.6 Å².